The zero-order valence-corrected chi connectivity index (χ0v) is 18.9. The first kappa shape index (κ1) is 21.1. The Morgan fingerprint density at radius 1 is 1.26 bits per heavy atom. The summed E-state index contributed by atoms with van der Waals surface area (Å²) in [7, 11) is 1.81. The van der Waals surface area contributed by atoms with E-state index in [2.05, 4.69) is 31.5 Å². The van der Waals surface area contributed by atoms with Crippen LogP contribution < -0.4 is 10.6 Å². The Balaban J connectivity index is 1.46. The Kier molecular flexibility index (Phi) is 5.19. The van der Waals surface area contributed by atoms with Gasteiger partial charge < -0.3 is 25.0 Å². The van der Waals surface area contributed by atoms with E-state index in [1.807, 2.05) is 25.2 Å². The van der Waals surface area contributed by atoms with E-state index in [-0.39, 0.29) is 18.0 Å². The van der Waals surface area contributed by atoms with E-state index in [4.69, 9.17) is 9.72 Å². The fourth-order valence-corrected chi connectivity index (χ4v) is 4.84. The van der Waals surface area contributed by atoms with Crippen molar-refractivity contribution in [3.63, 3.8) is 0 Å². The fourth-order valence-electron chi connectivity index (χ4n) is 4.84. The normalized spacial score (nSPS) is 22.6. The van der Waals surface area contributed by atoms with Crippen molar-refractivity contribution in [2.45, 2.75) is 43.9 Å². The SMILES string of the molecule is CNc1cc(-c2cn([C@@H]3CCCOC3)c3ncccc23)nc2c(C(=O)N[C@@H]3CC[C@@H]3O)cnn12. The molecule has 4 aromatic heterocycles. The lowest BCUT2D eigenvalue weighted by molar-refractivity contribution is 0.0448. The highest BCUT2D eigenvalue weighted by Crippen LogP contribution is 2.34. The van der Waals surface area contributed by atoms with Gasteiger partial charge in [0, 0.05) is 43.1 Å². The number of hydrogen-bond donors (Lipinski definition) is 3. The van der Waals surface area contributed by atoms with Gasteiger partial charge in [-0.2, -0.15) is 9.61 Å². The third-order valence-corrected chi connectivity index (χ3v) is 6.92. The summed E-state index contributed by atoms with van der Waals surface area (Å²) in [4.78, 5) is 22.5. The Bertz CT molecular complexity index is 1370. The van der Waals surface area contributed by atoms with Gasteiger partial charge in [-0.05, 0) is 37.8 Å². The van der Waals surface area contributed by atoms with Crippen molar-refractivity contribution >= 4 is 28.4 Å². The monoisotopic (exact) mass is 461 g/mol. The number of hydrogen-bond acceptors (Lipinski definition) is 7. The third kappa shape index (κ3) is 3.41. The van der Waals surface area contributed by atoms with Crippen LogP contribution in [0.1, 0.15) is 42.1 Å². The maximum atomic E-state index is 13.0. The number of aliphatic hydroxyl groups is 1. The number of amides is 1. The number of rotatable bonds is 5. The van der Waals surface area contributed by atoms with Crippen LogP contribution >= 0.6 is 0 Å². The number of aliphatic hydroxyl groups excluding tert-OH is 1. The van der Waals surface area contributed by atoms with Crippen LogP contribution in [-0.4, -0.2) is 67.6 Å². The van der Waals surface area contributed by atoms with Gasteiger partial charge >= 0.3 is 0 Å². The van der Waals surface area contributed by atoms with E-state index in [1.54, 1.807) is 10.7 Å². The summed E-state index contributed by atoms with van der Waals surface area (Å²) >= 11 is 0. The molecule has 1 saturated heterocycles. The summed E-state index contributed by atoms with van der Waals surface area (Å²) in [5.74, 6) is 0.433. The number of carbonyl (C=O) groups excluding carboxylic acids is 1. The molecule has 1 saturated carbocycles. The number of fused-ring (bicyclic) bond motifs is 2. The van der Waals surface area contributed by atoms with Crippen LogP contribution in [0.2, 0.25) is 0 Å². The standard InChI is InChI=1S/C24H27N7O3/c1-25-21-10-19(28-23-16(11-27-31(21)23)24(33)29-18-6-7-20(18)32)17-12-30(14-4-3-9-34-13-14)22-15(17)5-2-8-26-22/h2,5,8,10-12,14,18,20,25,32H,3-4,6-7,9,13H2,1H3,(H,29,33)/t14-,18-,20+/m1/s1. The highest BCUT2D eigenvalue weighted by atomic mass is 16.5. The number of aromatic nitrogens is 5. The molecule has 2 aliphatic rings. The van der Waals surface area contributed by atoms with Gasteiger partial charge in [0.05, 0.1) is 36.7 Å². The highest BCUT2D eigenvalue weighted by molar-refractivity contribution is 6.01. The van der Waals surface area contributed by atoms with Gasteiger partial charge in [-0.1, -0.05) is 0 Å². The molecule has 0 spiro atoms. The van der Waals surface area contributed by atoms with Crippen LogP contribution in [-0.2, 0) is 4.74 Å². The molecule has 1 aliphatic carbocycles. The van der Waals surface area contributed by atoms with Gasteiger partial charge in [0.15, 0.2) is 5.65 Å². The van der Waals surface area contributed by atoms with Crippen molar-refractivity contribution in [2.24, 2.45) is 0 Å². The van der Waals surface area contributed by atoms with Crippen LogP contribution in [0.5, 0.6) is 0 Å². The Labute approximate surface area is 196 Å². The molecule has 34 heavy (non-hydrogen) atoms. The van der Waals surface area contributed by atoms with Gasteiger partial charge in [0.1, 0.15) is 17.0 Å². The molecule has 0 bridgehead atoms. The Morgan fingerprint density at radius 2 is 2.18 bits per heavy atom. The number of nitrogens with zero attached hydrogens (tertiary/aromatic N) is 5. The van der Waals surface area contributed by atoms with Crippen LogP contribution in [0.4, 0.5) is 5.82 Å². The minimum atomic E-state index is -0.496. The van der Waals surface area contributed by atoms with Crippen LogP contribution in [0, 0.1) is 0 Å². The molecule has 5 heterocycles. The molecule has 6 rings (SSSR count). The second kappa shape index (κ2) is 8.37. The second-order valence-corrected chi connectivity index (χ2v) is 8.99. The summed E-state index contributed by atoms with van der Waals surface area (Å²) in [6, 6.07) is 5.90. The Hall–Kier alpha value is -3.50. The molecule has 0 aromatic carbocycles. The fraction of sp³-hybridized carbons (Fsp3) is 0.417. The molecular formula is C24H27N7O3. The van der Waals surface area contributed by atoms with Gasteiger partial charge in [0.25, 0.3) is 5.91 Å². The third-order valence-electron chi connectivity index (χ3n) is 6.92. The van der Waals surface area contributed by atoms with Crippen molar-refractivity contribution in [1.82, 2.24) is 29.5 Å². The molecule has 1 amide bonds. The quantitative estimate of drug-likeness (QED) is 0.418. The molecule has 10 nitrogen and oxygen atoms in total. The maximum Gasteiger partial charge on any atom is 0.257 e. The minimum Gasteiger partial charge on any atom is -0.391 e. The number of carbonyl (C=O) groups is 1. The molecule has 0 radical (unpaired) electrons. The molecule has 2 fully saturated rings. The first-order valence-electron chi connectivity index (χ1n) is 11.7. The predicted octanol–water partition coefficient (Wildman–Crippen LogP) is 2.39. The van der Waals surface area contributed by atoms with E-state index in [1.165, 1.54) is 6.20 Å². The lowest BCUT2D eigenvalue weighted by Crippen LogP contribution is -2.50. The summed E-state index contributed by atoms with van der Waals surface area (Å²) < 4.78 is 9.55. The molecule has 1 aliphatic heterocycles. The average molecular weight is 462 g/mol. The number of nitrogens with one attached hydrogen (secondary N) is 2. The number of anilines is 1. The average Bonchev–Trinajstić information content (AvgIpc) is 3.48. The van der Waals surface area contributed by atoms with E-state index in [0.717, 1.165) is 48.2 Å². The largest absolute Gasteiger partial charge is 0.391 e. The van der Waals surface area contributed by atoms with Crippen LogP contribution in [0.3, 0.4) is 0 Å². The molecule has 10 heteroatoms. The van der Waals surface area contributed by atoms with Crippen molar-refractivity contribution in [3.05, 3.63) is 42.4 Å². The van der Waals surface area contributed by atoms with Gasteiger partial charge in [-0.15, -0.1) is 0 Å². The van der Waals surface area contributed by atoms with Crippen molar-refractivity contribution in [2.75, 3.05) is 25.6 Å². The van der Waals surface area contributed by atoms with Crippen LogP contribution in [0.25, 0.3) is 27.9 Å². The lowest BCUT2D eigenvalue weighted by Gasteiger charge is -2.32. The maximum absolute atomic E-state index is 13.0. The second-order valence-electron chi connectivity index (χ2n) is 8.99. The summed E-state index contributed by atoms with van der Waals surface area (Å²) in [6.07, 6.45) is 8.45. The molecule has 4 aromatic rings. The molecular weight excluding hydrogens is 434 g/mol. The van der Waals surface area contributed by atoms with E-state index < -0.39 is 6.10 Å². The zero-order chi connectivity index (χ0) is 23.2. The smallest absolute Gasteiger partial charge is 0.257 e. The van der Waals surface area contributed by atoms with Gasteiger partial charge in [0.2, 0.25) is 0 Å². The molecule has 176 valence electrons. The minimum absolute atomic E-state index is 0.220. The number of pyridine rings is 1. The lowest BCUT2D eigenvalue weighted by atomic mass is 9.89. The highest BCUT2D eigenvalue weighted by Gasteiger charge is 2.31. The van der Waals surface area contributed by atoms with Crippen LogP contribution in [0.15, 0.2) is 36.8 Å². The van der Waals surface area contributed by atoms with Crippen molar-refractivity contribution in [1.29, 1.82) is 0 Å². The van der Waals surface area contributed by atoms with E-state index >= 15 is 0 Å². The Morgan fingerprint density at radius 3 is 2.91 bits per heavy atom. The van der Waals surface area contributed by atoms with Crippen molar-refractivity contribution in [3.8, 4) is 11.3 Å². The van der Waals surface area contributed by atoms with Crippen molar-refractivity contribution < 1.29 is 14.6 Å². The number of ether oxygens (including phenoxy) is 1. The predicted molar refractivity (Wildman–Crippen MR) is 127 cm³/mol. The van der Waals surface area contributed by atoms with Gasteiger partial charge in [-0.3, -0.25) is 4.79 Å². The molecule has 3 N–H and O–H groups in total. The van der Waals surface area contributed by atoms with E-state index in [9.17, 15) is 9.90 Å². The summed E-state index contributed by atoms with van der Waals surface area (Å²) in [5.41, 5.74) is 3.39. The molecule has 0 unspecified atom stereocenters. The van der Waals surface area contributed by atoms with Gasteiger partial charge in [-0.25, -0.2) is 9.97 Å². The summed E-state index contributed by atoms with van der Waals surface area (Å²) in [6.45, 7) is 1.46. The summed E-state index contributed by atoms with van der Waals surface area (Å²) in [5, 5.41) is 21.3. The first-order valence-corrected chi connectivity index (χ1v) is 11.7. The zero-order valence-electron chi connectivity index (χ0n) is 18.9. The first-order chi connectivity index (χ1) is 16.6. The topological polar surface area (TPSA) is 119 Å². The molecule has 3 atom stereocenters. The van der Waals surface area contributed by atoms with E-state index in [0.29, 0.717) is 30.1 Å².